The van der Waals surface area contributed by atoms with Gasteiger partial charge in [-0.25, -0.2) is 0 Å². The fourth-order valence-corrected chi connectivity index (χ4v) is 2.10. The molecule has 2 heteroatoms. The molecule has 1 rings (SSSR count). The third-order valence-electron chi connectivity index (χ3n) is 1.98. The molecule has 0 saturated carbocycles. The molecule has 1 nitrogen and oxygen atoms in total. The first-order valence-electron chi connectivity index (χ1n) is 4.45. The Kier molecular flexibility index (Phi) is 4.33. The Labute approximate surface area is 83.4 Å². The SMILES string of the molecule is C[CH]CCc1ccccc1[S+](C)[O-]. The van der Waals surface area contributed by atoms with Crippen molar-refractivity contribution < 1.29 is 4.55 Å². The second-order valence-corrected chi connectivity index (χ2v) is 4.36. The highest BCUT2D eigenvalue weighted by atomic mass is 32.2. The van der Waals surface area contributed by atoms with Gasteiger partial charge in [0.25, 0.3) is 0 Å². The van der Waals surface area contributed by atoms with Crippen LogP contribution in [-0.4, -0.2) is 10.8 Å². The third-order valence-corrected chi connectivity index (χ3v) is 3.00. The maximum atomic E-state index is 11.3. The van der Waals surface area contributed by atoms with Crippen LogP contribution < -0.4 is 0 Å². The number of unbranched alkanes of at least 4 members (excludes halogenated alkanes) is 1. The van der Waals surface area contributed by atoms with Crippen LogP contribution in [0.4, 0.5) is 0 Å². The summed E-state index contributed by atoms with van der Waals surface area (Å²) in [6.45, 7) is 2.05. The first-order chi connectivity index (χ1) is 6.25. The lowest BCUT2D eigenvalue weighted by atomic mass is 10.1. The van der Waals surface area contributed by atoms with Gasteiger partial charge in [-0.1, -0.05) is 25.1 Å². The van der Waals surface area contributed by atoms with Gasteiger partial charge in [-0.15, -0.1) is 0 Å². The van der Waals surface area contributed by atoms with E-state index in [2.05, 4.69) is 12.5 Å². The zero-order chi connectivity index (χ0) is 9.68. The predicted octanol–water partition coefficient (Wildman–Crippen LogP) is 2.58. The van der Waals surface area contributed by atoms with Crippen molar-refractivity contribution in [2.45, 2.75) is 24.7 Å². The van der Waals surface area contributed by atoms with Crippen LogP contribution in [0.15, 0.2) is 29.2 Å². The summed E-state index contributed by atoms with van der Waals surface area (Å²) < 4.78 is 11.3. The van der Waals surface area contributed by atoms with Gasteiger partial charge in [-0.05, 0) is 36.5 Å². The summed E-state index contributed by atoms with van der Waals surface area (Å²) in [6.07, 6.45) is 5.91. The summed E-state index contributed by atoms with van der Waals surface area (Å²) in [5.41, 5.74) is 1.21. The summed E-state index contributed by atoms with van der Waals surface area (Å²) in [7, 11) is 0. The molecular weight excluding hydrogens is 180 g/mol. The van der Waals surface area contributed by atoms with Crippen LogP contribution in [0.25, 0.3) is 0 Å². The van der Waals surface area contributed by atoms with Crippen molar-refractivity contribution in [3.63, 3.8) is 0 Å². The fourth-order valence-electron chi connectivity index (χ4n) is 1.29. The van der Waals surface area contributed by atoms with E-state index in [9.17, 15) is 4.55 Å². The average Bonchev–Trinajstić information content (AvgIpc) is 2.15. The summed E-state index contributed by atoms with van der Waals surface area (Å²) in [5.74, 6) is 0. The molecule has 71 valence electrons. The minimum Gasteiger partial charge on any atom is -0.612 e. The van der Waals surface area contributed by atoms with Crippen molar-refractivity contribution in [3.05, 3.63) is 36.2 Å². The van der Waals surface area contributed by atoms with Crippen molar-refractivity contribution >= 4 is 11.2 Å². The van der Waals surface area contributed by atoms with Crippen LogP contribution >= 0.6 is 0 Å². The van der Waals surface area contributed by atoms with Gasteiger partial charge in [0.2, 0.25) is 0 Å². The average molecular weight is 195 g/mol. The number of hydrogen-bond acceptors (Lipinski definition) is 1. The van der Waals surface area contributed by atoms with E-state index in [1.807, 2.05) is 25.1 Å². The number of rotatable bonds is 4. The molecule has 0 bridgehead atoms. The Morgan fingerprint density at radius 1 is 1.38 bits per heavy atom. The van der Waals surface area contributed by atoms with Gasteiger partial charge in [0.15, 0.2) is 4.90 Å². The minimum absolute atomic E-state index is 0.858. The largest absolute Gasteiger partial charge is 0.612 e. The van der Waals surface area contributed by atoms with Crippen LogP contribution in [0.1, 0.15) is 18.9 Å². The highest BCUT2D eigenvalue weighted by molar-refractivity contribution is 7.90. The fraction of sp³-hybridized carbons (Fsp3) is 0.364. The molecule has 1 radical (unpaired) electrons. The Morgan fingerprint density at radius 3 is 2.69 bits per heavy atom. The molecule has 1 aromatic carbocycles. The molecular formula is C11H15OS. The van der Waals surface area contributed by atoms with Gasteiger partial charge in [0, 0.05) is 5.56 Å². The minimum atomic E-state index is -0.858. The van der Waals surface area contributed by atoms with Crippen molar-refractivity contribution in [1.29, 1.82) is 0 Å². The van der Waals surface area contributed by atoms with E-state index in [-0.39, 0.29) is 0 Å². The molecule has 0 amide bonds. The molecule has 1 aromatic rings. The van der Waals surface area contributed by atoms with Gasteiger partial charge < -0.3 is 4.55 Å². The van der Waals surface area contributed by atoms with Crippen molar-refractivity contribution in [1.82, 2.24) is 0 Å². The number of benzene rings is 1. The molecule has 0 N–H and O–H groups in total. The number of hydrogen-bond donors (Lipinski definition) is 0. The molecule has 0 fully saturated rings. The standard InChI is InChI=1S/C11H15OS/c1-3-4-7-10-8-5-6-9-11(10)13(2)12/h3,5-6,8-9H,4,7H2,1-2H3. The van der Waals surface area contributed by atoms with Gasteiger partial charge >= 0.3 is 0 Å². The lowest BCUT2D eigenvalue weighted by molar-refractivity contribution is 0.599. The van der Waals surface area contributed by atoms with Crippen molar-refractivity contribution in [2.75, 3.05) is 6.26 Å². The molecule has 0 aliphatic heterocycles. The lowest BCUT2D eigenvalue weighted by Gasteiger charge is -2.09. The second kappa shape index (κ2) is 5.30. The molecule has 0 aromatic heterocycles. The summed E-state index contributed by atoms with van der Waals surface area (Å²) in [4.78, 5) is 0.976. The van der Waals surface area contributed by atoms with Crippen LogP contribution in [0.5, 0.6) is 0 Å². The van der Waals surface area contributed by atoms with E-state index in [1.54, 1.807) is 6.26 Å². The van der Waals surface area contributed by atoms with E-state index in [1.165, 1.54) is 5.56 Å². The summed E-state index contributed by atoms with van der Waals surface area (Å²) in [5, 5.41) is 0. The topological polar surface area (TPSA) is 23.1 Å². The summed E-state index contributed by atoms with van der Waals surface area (Å²) >= 11 is -0.858. The molecule has 0 heterocycles. The molecule has 1 atom stereocenters. The van der Waals surface area contributed by atoms with Crippen LogP contribution in [-0.2, 0) is 17.6 Å². The smallest absolute Gasteiger partial charge is 0.155 e. The lowest BCUT2D eigenvalue weighted by Crippen LogP contribution is -2.02. The maximum absolute atomic E-state index is 11.3. The highest BCUT2D eigenvalue weighted by Gasteiger charge is 2.09. The highest BCUT2D eigenvalue weighted by Crippen LogP contribution is 2.16. The van der Waals surface area contributed by atoms with Gasteiger partial charge in [-0.2, -0.15) is 0 Å². The summed E-state index contributed by atoms with van der Waals surface area (Å²) in [6, 6.07) is 7.94. The molecule has 13 heavy (non-hydrogen) atoms. The Balaban J connectivity index is 2.78. The maximum Gasteiger partial charge on any atom is 0.155 e. The van der Waals surface area contributed by atoms with Crippen LogP contribution in [0.3, 0.4) is 0 Å². The quantitative estimate of drug-likeness (QED) is 0.677. The zero-order valence-electron chi connectivity index (χ0n) is 8.12. The first kappa shape index (κ1) is 10.6. The molecule has 0 aliphatic carbocycles. The first-order valence-corrected chi connectivity index (χ1v) is 6.00. The van der Waals surface area contributed by atoms with Crippen molar-refractivity contribution in [2.24, 2.45) is 0 Å². The zero-order valence-corrected chi connectivity index (χ0v) is 8.93. The normalized spacial score (nSPS) is 12.8. The molecule has 1 unspecified atom stereocenters. The molecule has 0 aliphatic rings. The van der Waals surface area contributed by atoms with Crippen LogP contribution in [0.2, 0.25) is 0 Å². The predicted molar refractivity (Wildman–Crippen MR) is 57.1 cm³/mol. The van der Waals surface area contributed by atoms with E-state index in [0.717, 1.165) is 17.7 Å². The molecule has 0 saturated heterocycles. The monoisotopic (exact) mass is 195 g/mol. The Hall–Kier alpha value is -0.470. The second-order valence-electron chi connectivity index (χ2n) is 3.01. The van der Waals surface area contributed by atoms with E-state index in [0.29, 0.717) is 0 Å². The Morgan fingerprint density at radius 2 is 2.08 bits per heavy atom. The van der Waals surface area contributed by atoms with E-state index < -0.39 is 11.2 Å². The van der Waals surface area contributed by atoms with E-state index >= 15 is 0 Å². The van der Waals surface area contributed by atoms with Crippen LogP contribution in [0, 0.1) is 6.42 Å². The number of aryl methyl sites for hydroxylation is 1. The van der Waals surface area contributed by atoms with Gasteiger partial charge in [0.1, 0.15) is 6.26 Å². The van der Waals surface area contributed by atoms with Gasteiger partial charge in [-0.3, -0.25) is 0 Å². The Bertz CT molecular complexity index is 258. The van der Waals surface area contributed by atoms with Crippen molar-refractivity contribution in [3.8, 4) is 0 Å². The van der Waals surface area contributed by atoms with E-state index in [4.69, 9.17) is 0 Å². The molecule has 0 spiro atoms. The van der Waals surface area contributed by atoms with Gasteiger partial charge in [0.05, 0.1) is 0 Å². The third kappa shape index (κ3) is 3.05.